The molecule has 0 saturated carbocycles. The van der Waals surface area contributed by atoms with Crippen LogP contribution in [-0.4, -0.2) is 11.0 Å². The highest BCUT2D eigenvalue weighted by Gasteiger charge is 2.14. The lowest BCUT2D eigenvalue weighted by Gasteiger charge is -2.10. The summed E-state index contributed by atoms with van der Waals surface area (Å²) in [6, 6.07) is 2.36. The topological polar surface area (TPSA) is 48.1 Å². The van der Waals surface area contributed by atoms with Crippen LogP contribution in [0.3, 0.4) is 0 Å². The number of hydrogen-bond acceptors (Lipinski definition) is 4. The van der Waals surface area contributed by atoms with Gasteiger partial charge >= 0.3 is 0 Å². The van der Waals surface area contributed by atoms with Crippen LogP contribution in [0.25, 0.3) is 0 Å². The summed E-state index contributed by atoms with van der Waals surface area (Å²) >= 11 is 1.39. The smallest absolute Gasteiger partial charge is 0.191 e. The highest BCUT2D eigenvalue weighted by Crippen LogP contribution is 2.25. The highest BCUT2D eigenvalue weighted by atomic mass is 32.1. The zero-order chi connectivity index (χ0) is 14.7. The Kier molecular flexibility index (Phi) is 4.67. The van der Waals surface area contributed by atoms with Crippen LogP contribution in [0.15, 0.2) is 17.5 Å². The fraction of sp³-hybridized carbons (Fsp3) is 0.357. The molecule has 0 fully saturated rings. The molecular formula is C14H16F2N2OS. The van der Waals surface area contributed by atoms with Crippen LogP contribution in [0.5, 0.6) is 5.75 Å². The first-order valence-corrected chi connectivity index (χ1v) is 7.11. The van der Waals surface area contributed by atoms with Gasteiger partial charge in [-0.15, -0.1) is 11.3 Å². The summed E-state index contributed by atoms with van der Waals surface area (Å²) in [7, 11) is 0. The van der Waals surface area contributed by atoms with Crippen molar-refractivity contribution in [2.24, 2.45) is 5.73 Å². The average molecular weight is 298 g/mol. The monoisotopic (exact) mass is 298 g/mol. The van der Waals surface area contributed by atoms with Crippen LogP contribution in [-0.2, 0) is 13.0 Å². The number of benzene rings is 1. The summed E-state index contributed by atoms with van der Waals surface area (Å²) in [6.07, 6.45) is 0.416. The quantitative estimate of drug-likeness (QED) is 0.922. The van der Waals surface area contributed by atoms with Gasteiger partial charge in [-0.05, 0) is 38.0 Å². The van der Waals surface area contributed by atoms with E-state index < -0.39 is 11.6 Å². The van der Waals surface area contributed by atoms with Crippen molar-refractivity contribution in [2.45, 2.75) is 32.9 Å². The second-order valence-corrected chi connectivity index (χ2v) is 5.68. The summed E-state index contributed by atoms with van der Waals surface area (Å²) in [5, 5.41) is 2.54. The van der Waals surface area contributed by atoms with Crippen molar-refractivity contribution in [2.75, 3.05) is 0 Å². The maximum Gasteiger partial charge on any atom is 0.191 e. The largest absolute Gasteiger partial charge is 0.480 e. The number of aromatic nitrogens is 1. The van der Waals surface area contributed by atoms with Gasteiger partial charge in [-0.2, -0.15) is 0 Å². The van der Waals surface area contributed by atoms with Gasteiger partial charge in [0.15, 0.2) is 17.4 Å². The molecule has 0 bridgehead atoms. The molecule has 1 aromatic heterocycles. The van der Waals surface area contributed by atoms with E-state index in [0.717, 1.165) is 5.69 Å². The van der Waals surface area contributed by atoms with Crippen LogP contribution in [0.1, 0.15) is 23.2 Å². The van der Waals surface area contributed by atoms with Gasteiger partial charge in [0, 0.05) is 17.1 Å². The van der Waals surface area contributed by atoms with Gasteiger partial charge in [0.2, 0.25) is 0 Å². The van der Waals surface area contributed by atoms with Gasteiger partial charge in [-0.3, -0.25) is 0 Å². The number of halogens is 2. The van der Waals surface area contributed by atoms with Crippen molar-refractivity contribution in [3.05, 3.63) is 45.4 Å². The van der Waals surface area contributed by atoms with E-state index in [1.807, 2.05) is 12.3 Å². The molecule has 0 spiro atoms. The second kappa shape index (κ2) is 6.28. The predicted molar refractivity (Wildman–Crippen MR) is 74.9 cm³/mol. The van der Waals surface area contributed by atoms with Gasteiger partial charge in [0.25, 0.3) is 0 Å². The Morgan fingerprint density at radius 1 is 1.35 bits per heavy atom. The van der Waals surface area contributed by atoms with Gasteiger partial charge in [-0.25, -0.2) is 13.8 Å². The molecule has 1 aromatic carbocycles. The molecular weight excluding hydrogens is 282 g/mol. The standard InChI is InChI=1S/C14H16F2N2OS/c1-8(17)3-10-4-11(15)14(12(16)5-10)19-6-13-18-9(2)7-20-13/h4-5,7-8H,3,6,17H2,1-2H3. The molecule has 2 N–H and O–H groups in total. The lowest BCUT2D eigenvalue weighted by molar-refractivity contribution is 0.273. The highest BCUT2D eigenvalue weighted by molar-refractivity contribution is 7.09. The van der Waals surface area contributed by atoms with E-state index in [4.69, 9.17) is 10.5 Å². The van der Waals surface area contributed by atoms with Crippen LogP contribution >= 0.6 is 11.3 Å². The Hall–Kier alpha value is -1.53. The van der Waals surface area contributed by atoms with Crippen LogP contribution in [0.4, 0.5) is 8.78 Å². The molecule has 3 nitrogen and oxygen atoms in total. The van der Waals surface area contributed by atoms with Gasteiger partial charge in [-0.1, -0.05) is 0 Å². The molecule has 6 heteroatoms. The van der Waals surface area contributed by atoms with Crippen LogP contribution < -0.4 is 10.5 Å². The molecule has 0 aliphatic rings. The van der Waals surface area contributed by atoms with Gasteiger partial charge in [0.1, 0.15) is 11.6 Å². The third-order valence-electron chi connectivity index (χ3n) is 2.62. The van der Waals surface area contributed by atoms with E-state index in [9.17, 15) is 8.78 Å². The molecule has 20 heavy (non-hydrogen) atoms. The van der Waals surface area contributed by atoms with E-state index in [-0.39, 0.29) is 18.4 Å². The first kappa shape index (κ1) is 14.9. The summed E-state index contributed by atoms with van der Waals surface area (Å²) < 4.78 is 32.9. The van der Waals surface area contributed by atoms with E-state index in [1.165, 1.54) is 23.5 Å². The predicted octanol–water partition coefficient (Wildman–Crippen LogP) is 3.20. The van der Waals surface area contributed by atoms with Crippen molar-refractivity contribution in [1.82, 2.24) is 4.98 Å². The molecule has 1 unspecified atom stereocenters. The van der Waals surface area contributed by atoms with Gasteiger partial charge in [0.05, 0.1) is 0 Å². The maximum atomic E-state index is 13.8. The minimum absolute atomic E-state index is 0.0545. The van der Waals surface area contributed by atoms with Crippen molar-refractivity contribution in [1.29, 1.82) is 0 Å². The van der Waals surface area contributed by atoms with E-state index in [2.05, 4.69) is 4.98 Å². The van der Waals surface area contributed by atoms with Crippen molar-refractivity contribution >= 4 is 11.3 Å². The lowest BCUT2D eigenvalue weighted by Crippen LogP contribution is -2.18. The SMILES string of the molecule is Cc1csc(COc2c(F)cc(CC(C)N)cc2F)n1. The molecule has 0 radical (unpaired) electrons. The Morgan fingerprint density at radius 2 is 2.00 bits per heavy atom. The number of nitrogens with two attached hydrogens (primary N) is 1. The Bertz CT molecular complexity index is 576. The summed E-state index contributed by atoms with van der Waals surface area (Å²) in [5.41, 5.74) is 7.00. The molecule has 2 rings (SSSR count). The Morgan fingerprint density at radius 3 is 2.50 bits per heavy atom. The summed E-state index contributed by atoms with van der Waals surface area (Å²) in [4.78, 5) is 4.17. The molecule has 0 aliphatic carbocycles. The number of ether oxygens (including phenoxy) is 1. The number of thiazole rings is 1. The van der Waals surface area contributed by atoms with Crippen molar-refractivity contribution in [3.63, 3.8) is 0 Å². The first-order chi connectivity index (χ1) is 9.45. The van der Waals surface area contributed by atoms with E-state index >= 15 is 0 Å². The maximum absolute atomic E-state index is 13.8. The fourth-order valence-corrected chi connectivity index (χ4v) is 2.53. The number of rotatable bonds is 5. The third-order valence-corrected chi connectivity index (χ3v) is 3.56. The minimum atomic E-state index is -0.714. The number of aryl methyl sites for hydroxylation is 1. The Balaban J connectivity index is 2.11. The van der Waals surface area contributed by atoms with E-state index in [1.54, 1.807) is 6.92 Å². The second-order valence-electron chi connectivity index (χ2n) is 4.74. The van der Waals surface area contributed by atoms with E-state index in [0.29, 0.717) is 17.0 Å². The number of nitrogens with zero attached hydrogens (tertiary/aromatic N) is 1. The third kappa shape index (κ3) is 3.74. The zero-order valence-electron chi connectivity index (χ0n) is 11.3. The number of hydrogen-bond donors (Lipinski definition) is 1. The fourth-order valence-electron chi connectivity index (χ4n) is 1.84. The lowest BCUT2D eigenvalue weighted by atomic mass is 10.1. The average Bonchev–Trinajstić information content (AvgIpc) is 2.73. The minimum Gasteiger partial charge on any atom is -0.480 e. The molecule has 0 amide bonds. The normalized spacial score (nSPS) is 12.4. The first-order valence-electron chi connectivity index (χ1n) is 6.23. The van der Waals surface area contributed by atoms with Crippen molar-refractivity contribution in [3.8, 4) is 5.75 Å². The van der Waals surface area contributed by atoms with Gasteiger partial charge < -0.3 is 10.5 Å². The summed E-state index contributed by atoms with van der Waals surface area (Å²) in [5.74, 6) is -1.80. The molecule has 0 saturated heterocycles. The summed E-state index contributed by atoms with van der Waals surface area (Å²) in [6.45, 7) is 3.69. The van der Waals surface area contributed by atoms with Crippen molar-refractivity contribution < 1.29 is 13.5 Å². The molecule has 2 aromatic rings. The molecule has 1 atom stereocenters. The molecule has 0 aliphatic heterocycles. The molecule has 1 heterocycles. The van der Waals surface area contributed by atoms with Crippen LogP contribution in [0.2, 0.25) is 0 Å². The zero-order valence-corrected chi connectivity index (χ0v) is 12.1. The molecule has 108 valence electrons. The van der Waals surface area contributed by atoms with Crippen LogP contribution in [0, 0.1) is 18.6 Å². The Labute approximate surface area is 120 Å².